The largest absolute Gasteiger partial charge is 0.508 e. The van der Waals surface area contributed by atoms with Gasteiger partial charge in [0, 0.05) is 6.42 Å². The summed E-state index contributed by atoms with van der Waals surface area (Å²) >= 11 is 0. The molecule has 0 bridgehead atoms. The van der Waals surface area contributed by atoms with Crippen LogP contribution in [0.25, 0.3) is 0 Å². The minimum absolute atomic E-state index is 0.0318. The van der Waals surface area contributed by atoms with Gasteiger partial charge in [-0.3, -0.25) is 9.59 Å². The van der Waals surface area contributed by atoms with Crippen molar-refractivity contribution in [3.63, 3.8) is 0 Å². The van der Waals surface area contributed by atoms with Gasteiger partial charge in [-0.1, -0.05) is 18.6 Å². The van der Waals surface area contributed by atoms with E-state index in [2.05, 4.69) is 10.6 Å². The molecule has 0 aliphatic heterocycles. The van der Waals surface area contributed by atoms with Gasteiger partial charge in [0.15, 0.2) is 0 Å². The van der Waals surface area contributed by atoms with Gasteiger partial charge in [-0.2, -0.15) is 0 Å². The molecule has 0 saturated carbocycles. The predicted molar refractivity (Wildman–Crippen MR) is 106 cm³/mol. The number of carboxylic acids is 1. The van der Waals surface area contributed by atoms with Crippen LogP contribution in [0.2, 0.25) is 0 Å². The van der Waals surface area contributed by atoms with Crippen molar-refractivity contribution in [2.45, 2.75) is 56.8 Å². The van der Waals surface area contributed by atoms with Crippen molar-refractivity contribution < 1.29 is 29.7 Å². The Labute approximate surface area is 169 Å². The second kappa shape index (κ2) is 12.0. The fourth-order valence-electron chi connectivity index (χ4n) is 2.63. The van der Waals surface area contributed by atoms with Crippen LogP contribution in [0, 0.1) is 0 Å². The Morgan fingerprint density at radius 2 is 1.69 bits per heavy atom. The zero-order valence-electron chi connectivity index (χ0n) is 16.4. The number of aliphatic hydroxyl groups is 1. The average Bonchev–Trinajstić information content (AvgIpc) is 2.66. The standard InChI is InChI=1S/C19H30N4O6/c1-11(24)16(23-17(26)14(21)4-2-3-9-20)18(27)22-15(19(28)29)10-12-5-7-13(25)8-6-12/h5-8,11,14-16,24-25H,2-4,9-10,20-21H2,1H3,(H,22,27)(H,23,26)(H,28,29). The minimum atomic E-state index is -1.36. The first kappa shape index (κ1) is 24.3. The van der Waals surface area contributed by atoms with E-state index in [0.29, 0.717) is 31.4 Å². The van der Waals surface area contributed by atoms with E-state index in [9.17, 15) is 29.7 Å². The molecule has 29 heavy (non-hydrogen) atoms. The lowest BCUT2D eigenvalue weighted by Crippen LogP contribution is -2.58. The van der Waals surface area contributed by atoms with Crippen molar-refractivity contribution >= 4 is 17.8 Å². The molecule has 10 nitrogen and oxygen atoms in total. The fourth-order valence-corrected chi connectivity index (χ4v) is 2.63. The maximum atomic E-state index is 12.5. The number of amides is 2. The number of hydrogen-bond acceptors (Lipinski definition) is 7. The Morgan fingerprint density at radius 1 is 1.07 bits per heavy atom. The number of unbranched alkanes of at least 4 members (excludes halogenated alkanes) is 1. The van der Waals surface area contributed by atoms with Crippen LogP contribution in [0.15, 0.2) is 24.3 Å². The Bertz CT molecular complexity index is 680. The number of nitrogens with two attached hydrogens (primary N) is 2. The second-order valence-electron chi connectivity index (χ2n) is 6.89. The Kier molecular flexibility index (Phi) is 10.1. The number of hydrogen-bond donors (Lipinski definition) is 7. The third-order valence-corrected chi connectivity index (χ3v) is 4.36. The highest BCUT2D eigenvalue weighted by Crippen LogP contribution is 2.12. The number of nitrogens with one attached hydrogen (secondary N) is 2. The van der Waals surface area contributed by atoms with Gasteiger partial charge in [-0.25, -0.2) is 4.79 Å². The number of aromatic hydroxyl groups is 1. The molecule has 0 saturated heterocycles. The number of rotatable bonds is 12. The lowest BCUT2D eigenvalue weighted by Gasteiger charge is -2.24. The van der Waals surface area contributed by atoms with E-state index in [1.807, 2.05) is 0 Å². The number of aliphatic carboxylic acids is 1. The van der Waals surface area contributed by atoms with Gasteiger partial charge in [-0.15, -0.1) is 0 Å². The van der Waals surface area contributed by atoms with Crippen LogP contribution in [0.1, 0.15) is 31.7 Å². The summed E-state index contributed by atoms with van der Waals surface area (Å²) < 4.78 is 0. The highest BCUT2D eigenvalue weighted by Gasteiger charge is 2.30. The molecule has 162 valence electrons. The Hall–Kier alpha value is -2.69. The number of carbonyl (C=O) groups excluding carboxylic acids is 2. The lowest BCUT2D eigenvalue weighted by molar-refractivity contribution is -0.142. The fraction of sp³-hybridized carbons (Fsp3) is 0.526. The molecular formula is C19H30N4O6. The van der Waals surface area contributed by atoms with Crippen LogP contribution in [-0.4, -0.2) is 63.9 Å². The van der Waals surface area contributed by atoms with E-state index in [1.165, 1.54) is 31.2 Å². The average molecular weight is 410 g/mol. The van der Waals surface area contributed by atoms with Crippen LogP contribution in [0.3, 0.4) is 0 Å². The summed E-state index contributed by atoms with van der Waals surface area (Å²) in [5.74, 6) is -2.70. The molecule has 0 aliphatic rings. The molecule has 4 unspecified atom stereocenters. The molecule has 0 fully saturated rings. The smallest absolute Gasteiger partial charge is 0.326 e. The normalized spacial score (nSPS) is 15.0. The molecule has 0 spiro atoms. The minimum Gasteiger partial charge on any atom is -0.508 e. The molecule has 10 heteroatoms. The molecule has 1 aromatic rings. The van der Waals surface area contributed by atoms with Crippen LogP contribution in [0.5, 0.6) is 5.75 Å². The molecule has 1 rings (SSSR count). The topological polar surface area (TPSA) is 188 Å². The lowest BCUT2D eigenvalue weighted by atomic mass is 10.0. The number of benzene rings is 1. The highest BCUT2D eigenvalue weighted by atomic mass is 16.4. The Morgan fingerprint density at radius 3 is 2.21 bits per heavy atom. The van der Waals surface area contributed by atoms with E-state index in [1.54, 1.807) is 0 Å². The molecular weight excluding hydrogens is 380 g/mol. The van der Waals surface area contributed by atoms with Crippen molar-refractivity contribution in [2.75, 3.05) is 6.54 Å². The third-order valence-electron chi connectivity index (χ3n) is 4.36. The van der Waals surface area contributed by atoms with Crippen LogP contribution < -0.4 is 22.1 Å². The van der Waals surface area contributed by atoms with E-state index in [4.69, 9.17) is 11.5 Å². The van der Waals surface area contributed by atoms with Crippen molar-refractivity contribution in [1.82, 2.24) is 10.6 Å². The second-order valence-corrected chi connectivity index (χ2v) is 6.89. The summed E-state index contributed by atoms with van der Waals surface area (Å²) in [6.07, 6.45) is 0.415. The van der Waals surface area contributed by atoms with E-state index in [-0.39, 0.29) is 12.2 Å². The molecule has 4 atom stereocenters. The van der Waals surface area contributed by atoms with Crippen LogP contribution in [0.4, 0.5) is 0 Å². The summed E-state index contributed by atoms with van der Waals surface area (Å²) in [6.45, 7) is 1.78. The first-order chi connectivity index (χ1) is 13.6. The van der Waals surface area contributed by atoms with Gasteiger partial charge in [0.05, 0.1) is 12.1 Å². The van der Waals surface area contributed by atoms with Gasteiger partial charge in [0.25, 0.3) is 0 Å². The summed E-state index contributed by atoms with van der Waals surface area (Å²) in [7, 11) is 0. The van der Waals surface area contributed by atoms with Gasteiger partial charge in [0.2, 0.25) is 11.8 Å². The van der Waals surface area contributed by atoms with Crippen molar-refractivity contribution in [1.29, 1.82) is 0 Å². The molecule has 0 heterocycles. The Balaban J connectivity index is 2.76. The number of phenolic OH excluding ortho intramolecular Hbond substituents is 1. The maximum absolute atomic E-state index is 12.5. The SMILES string of the molecule is CC(O)C(NC(=O)C(N)CCCCN)C(=O)NC(Cc1ccc(O)cc1)C(=O)O. The molecule has 0 aliphatic carbocycles. The van der Waals surface area contributed by atoms with Crippen molar-refractivity contribution in [2.24, 2.45) is 11.5 Å². The summed E-state index contributed by atoms with van der Waals surface area (Å²) in [6, 6.07) is 2.36. The van der Waals surface area contributed by atoms with Crippen LogP contribution >= 0.6 is 0 Å². The third kappa shape index (κ3) is 8.46. The highest BCUT2D eigenvalue weighted by molar-refractivity contribution is 5.92. The van der Waals surface area contributed by atoms with Crippen molar-refractivity contribution in [3.05, 3.63) is 29.8 Å². The van der Waals surface area contributed by atoms with Crippen LogP contribution in [-0.2, 0) is 20.8 Å². The summed E-state index contributed by atoms with van der Waals surface area (Å²) in [5, 5.41) is 33.3. The van der Waals surface area contributed by atoms with Gasteiger partial charge in [0.1, 0.15) is 17.8 Å². The summed E-state index contributed by atoms with van der Waals surface area (Å²) in [5.41, 5.74) is 11.8. The zero-order valence-corrected chi connectivity index (χ0v) is 16.4. The number of carboxylic acid groups (broad SMARTS) is 1. The van der Waals surface area contributed by atoms with Gasteiger partial charge < -0.3 is 37.4 Å². The molecule has 1 aromatic carbocycles. The zero-order chi connectivity index (χ0) is 22.0. The van der Waals surface area contributed by atoms with Gasteiger partial charge in [-0.05, 0) is 44.0 Å². The molecule has 2 amide bonds. The maximum Gasteiger partial charge on any atom is 0.326 e. The summed E-state index contributed by atoms with van der Waals surface area (Å²) in [4.78, 5) is 36.2. The number of phenols is 1. The van der Waals surface area contributed by atoms with E-state index >= 15 is 0 Å². The monoisotopic (exact) mass is 410 g/mol. The van der Waals surface area contributed by atoms with Crippen molar-refractivity contribution in [3.8, 4) is 5.75 Å². The van der Waals surface area contributed by atoms with E-state index < -0.39 is 42.0 Å². The van der Waals surface area contributed by atoms with E-state index in [0.717, 1.165) is 0 Å². The number of aliphatic hydroxyl groups excluding tert-OH is 1. The van der Waals surface area contributed by atoms with Gasteiger partial charge >= 0.3 is 5.97 Å². The molecule has 0 aromatic heterocycles. The number of carbonyl (C=O) groups is 3. The first-order valence-electron chi connectivity index (χ1n) is 9.40. The predicted octanol–water partition coefficient (Wildman–Crippen LogP) is -1.17. The molecule has 9 N–H and O–H groups in total. The quantitative estimate of drug-likeness (QED) is 0.210. The first-order valence-corrected chi connectivity index (χ1v) is 9.40. The molecule has 0 radical (unpaired) electrons.